The minimum Gasteiger partial charge on any atom is -0.326 e. The Morgan fingerprint density at radius 1 is 1.28 bits per heavy atom. The van der Waals surface area contributed by atoms with Crippen molar-refractivity contribution in [3.8, 4) is 0 Å². The van der Waals surface area contributed by atoms with Gasteiger partial charge in [0.05, 0.1) is 0 Å². The van der Waals surface area contributed by atoms with E-state index in [2.05, 4.69) is 21.2 Å². The van der Waals surface area contributed by atoms with Crippen molar-refractivity contribution in [2.45, 2.75) is 44.9 Å². The summed E-state index contributed by atoms with van der Waals surface area (Å²) < 4.78 is 0.993. The number of hydrogen-bond donors (Lipinski definition) is 1. The first kappa shape index (κ1) is 13.6. The number of amides is 1. The van der Waals surface area contributed by atoms with Crippen LogP contribution in [0.3, 0.4) is 0 Å². The second kappa shape index (κ2) is 6.93. The molecule has 2 rings (SSSR count). The molecule has 1 aromatic rings. The van der Waals surface area contributed by atoms with Gasteiger partial charge in [-0.15, -0.1) is 0 Å². The van der Waals surface area contributed by atoms with Gasteiger partial charge in [-0.1, -0.05) is 54.1 Å². The summed E-state index contributed by atoms with van der Waals surface area (Å²) in [5, 5.41) is 2.95. The van der Waals surface area contributed by atoms with Crippen LogP contribution in [-0.4, -0.2) is 5.91 Å². The Kier molecular flexibility index (Phi) is 5.24. The zero-order valence-corrected chi connectivity index (χ0v) is 12.2. The summed E-state index contributed by atoms with van der Waals surface area (Å²) in [6, 6.07) is 7.74. The molecular formula is C15H20BrNO. The summed E-state index contributed by atoms with van der Waals surface area (Å²) in [6.45, 7) is 0. The Morgan fingerprint density at radius 2 is 2.06 bits per heavy atom. The first-order chi connectivity index (χ1) is 8.74. The molecule has 0 heterocycles. The monoisotopic (exact) mass is 309 g/mol. The highest BCUT2D eigenvalue weighted by atomic mass is 79.9. The van der Waals surface area contributed by atoms with Crippen LogP contribution >= 0.6 is 15.9 Å². The molecule has 0 aliphatic heterocycles. The van der Waals surface area contributed by atoms with Gasteiger partial charge >= 0.3 is 0 Å². The van der Waals surface area contributed by atoms with Crippen molar-refractivity contribution in [2.75, 3.05) is 5.32 Å². The van der Waals surface area contributed by atoms with Crippen molar-refractivity contribution in [1.82, 2.24) is 0 Å². The Morgan fingerprint density at radius 3 is 2.78 bits per heavy atom. The molecule has 2 nitrogen and oxygen atoms in total. The molecule has 3 heteroatoms. The van der Waals surface area contributed by atoms with Crippen LogP contribution in [0.25, 0.3) is 0 Å². The van der Waals surface area contributed by atoms with Gasteiger partial charge in [0.2, 0.25) is 5.91 Å². The molecule has 98 valence electrons. The second-order valence-electron chi connectivity index (χ2n) is 5.10. The average Bonchev–Trinajstić information content (AvgIpc) is 2.38. The van der Waals surface area contributed by atoms with Crippen LogP contribution in [0.15, 0.2) is 28.7 Å². The van der Waals surface area contributed by atoms with Crippen molar-refractivity contribution in [1.29, 1.82) is 0 Å². The predicted octanol–water partition coefficient (Wildman–Crippen LogP) is 4.75. The Hall–Kier alpha value is -0.830. The number of hydrogen-bond acceptors (Lipinski definition) is 1. The zero-order chi connectivity index (χ0) is 12.8. The molecule has 1 saturated carbocycles. The molecule has 0 unspecified atom stereocenters. The highest BCUT2D eigenvalue weighted by molar-refractivity contribution is 9.10. The third kappa shape index (κ3) is 4.45. The van der Waals surface area contributed by atoms with E-state index >= 15 is 0 Å². The Labute approximate surface area is 117 Å². The Bertz CT molecular complexity index is 399. The molecule has 1 fully saturated rings. The van der Waals surface area contributed by atoms with Gasteiger partial charge in [0.15, 0.2) is 0 Å². The molecule has 1 aliphatic carbocycles. The van der Waals surface area contributed by atoms with Gasteiger partial charge in [0, 0.05) is 16.6 Å². The van der Waals surface area contributed by atoms with E-state index in [9.17, 15) is 4.79 Å². The molecule has 0 atom stereocenters. The van der Waals surface area contributed by atoms with E-state index in [4.69, 9.17) is 0 Å². The van der Waals surface area contributed by atoms with E-state index in [-0.39, 0.29) is 5.91 Å². The average molecular weight is 310 g/mol. The van der Waals surface area contributed by atoms with Crippen LogP contribution < -0.4 is 5.32 Å². The molecule has 0 saturated heterocycles. The zero-order valence-electron chi connectivity index (χ0n) is 10.6. The molecule has 0 spiro atoms. The molecule has 1 N–H and O–H groups in total. The predicted molar refractivity (Wildman–Crippen MR) is 78.6 cm³/mol. The minimum absolute atomic E-state index is 0.138. The number of rotatable bonds is 4. The number of carbonyl (C=O) groups excluding carboxylic acids is 1. The largest absolute Gasteiger partial charge is 0.326 e. The lowest BCUT2D eigenvalue weighted by atomic mass is 9.86. The highest BCUT2D eigenvalue weighted by Gasteiger charge is 2.14. The lowest BCUT2D eigenvalue weighted by molar-refractivity contribution is -0.116. The maximum Gasteiger partial charge on any atom is 0.224 e. The number of carbonyl (C=O) groups is 1. The van der Waals surface area contributed by atoms with E-state index in [1.165, 1.54) is 32.1 Å². The van der Waals surface area contributed by atoms with Gasteiger partial charge in [-0.25, -0.2) is 0 Å². The van der Waals surface area contributed by atoms with Crippen LogP contribution in [0.2, 0.25) is 0 Å². The molecule has 0 aromatic heterocycles. The molecule has 0 bridgehead atoms. The lowest BCUT2D eigenvalue weighted by Crippen LogP contribution is -2.14. The number of halogens is 1. The van der Waals surface area contributed by atoms with E-state index in [1.807, 2.05) is 24.3 Å². The van der Waals surface area contributed by atoms with Crippen molar-refractivity contribution < 1.29 is 4.79 Å². The quantitative estimate of drug-likeness (QED) is 0.854. The SMILES string of the molecule is O=C(CCC1CCCCC1)Nc1cccc(Br)c1. The van der Waals surface area contributed by atoms with Crippen molar-refractivity contribution >= 4 is 27.5 Å². The molecule has 1 aliphatic rings. The Balaban J connectivity index is 1.74. The van der Waals surface area contributed by atoms with Crippen LogP contribution in [0.1, 0.15) is 44.9 Å². The fraction of sp³-hybridized carbons (Fsp3) is 0.533. The van der Waals surface area contributed by atoms with E-state index in [0.29, 0.717) is 6.42 Å². The summed E-state index contributed by atoms with van der Waals surface area (Å²) >= 11 is 3.40. The summed E-state index contributed by atoms with van der Waals surface area (Å²) in [6.07, 6.45) is 8.38. The third-order valence-corrected chi connectivity index (χ3v) is 4.11. The summed E-state index contributed by atoms with van der Waals surface area (Å²) in [5.74, 6) is 0.908. The smallest absolute Gasteiger partial charge is 0.224 e. The molecule has 1 aromatic carbocycles. The molecule has 18 heavy (non-hydrogen) atoms. The van der Waals surface area contributed by atoms with E-state index in [1.54, 1.807) is 0 Å². The van der Waals surface area contributed by atoms with Gasteiger partial charge in [0.1, 0.15) is 0 Å². The van der Waals surface area contributed by atoms with Gasteiger partial charge in [-0.3, -0.25) is 4.79 Å². The summed E-state index contributed by atoms with van der Waals surface area (Å²) in [4.78, 5) is 11.8. The number of anilines is 1. The highest BCUT2D eigenvalue weighted by Crippen LogP contribution is 2.27. The minimum atomic E-state index is 0.138. The maximum atomic E-state index is 11.8. The normalized spacial score (nSPS) is 16.5. The van der Waals surface area contributed by atoms with E-state index in [0.717, 1.165) is 22.5 Å². The van der Waals surface area contributed by atoms with Crippen LogP contribution in [0.4, 0.5) is 5.69 Å². The number of nitrogens with one attached hydrogen (secondary N) is 1. The molecule has 0 radical (unpaired) electrons. The standard InChI is InChI=1S/C15H20BrNO/c16-13-7-4-8-14(11-13)17-15(18)10-9-12-5-2-1-3-6-12/h4,7-8,11-12H,1-3,5-6,9-10H2,(H,17,18). The third-order valence-electron chi connectivity index (χ3n) is 3.61. The van der Waals surface area contributed by atoms with Gasteiger partial charge < -0.3 is 5.32 Å². The van der Waals surface area contributed by atoms with Crippen LogP contribution in [-0.2, 0) is 4.79 Å². The van der Waals surface area contributed by atoms with E-state index < -0.39 is 0 Å². The van der Waals surface area contributed by atoms with Crippen molar-refractivity contribution in [2.24, 2.45) is 5.92 Å². The van der Waals surface area contributed by atoms with Gasteiger partial charge in [-0.2, -0.15) is 0 Å². The maximum absolute atomic E-state index is 11.8. The van der Waals surface area contributed by atoms with Crippen LogP contribution in [0.5, 0.6) is 0 Å². The number of benzene rings is 1. The van der Waals surface area contributed by atoms with Crippen molar-refractivity contribution in [3.63, 3.8) is 0 Å². The van der Waals surface area contributed by atoms with Crippen LogP contribution in [0, 0.1) is 5.92 Å². The second-order valence-corrected chi connectivity index (χ2v) is 6.02. The fourth-order valence-electron chi connectivity index (χ4n) is 2.60. The fourth-order valence-corrected chi connectivity index (χ4v) is 3.00. The molecular weight excluding hydrogens is 290 g/mol. The molecule has 1 amide bonds. The summed E-state index contributed by atoms with van der Waals surface area (Å²) in [5.41, 5.74) is 0.873. The lowest BCUT2D eigenvalue weighted by Gasteiger charge is -2.20. The topological polar surface area (TPSA) is 29.1 Å². The van der Waals surface area contributed by atoms with Gasteiger partial charge in [-0.05, 0) is 30.5 Å². The first-order valence-corrected chi connectivity index (χ1v) is 7.59. The van der Waals surface area contributed by atoms with Gasteiger partial charge in [0.25, 0.3) is 0 Å². The van der Waals surface area contributed by atoms with Crippen molar-refractivity contribution in [3.05, 3.63) is 28.7 Å². The first-order valence-electron chi connectivity index (χ1n) is 6.79. The summed E-state index contributed by atoms with van der Waals surface area (Å²) in [7, 11) is 0.